The van der Waals surface area contributed by atoms with Gasteiger partial charge < -0.3 is 5.73 Å². The lowest BCUT2D eigenvalue weighted by atomic mass is 10.3. The van der Waals surface area contributed by atoms with E-state index in [0.29, 0.717) is 6.42 Å². The number of thiocarbonyl (C=S) groups is 1. The van der Waals surface area contributed by atoms with Crippen LogP contribution in [0.15, 0.2) is 0 Å². The SMILES string of the molecule is CCC(C(N)=S)S(=O)(=O)NC1CC1. The van der Waals surface area contributed by atoms with E-state index in [1.807, 2.05) is 0 Å². The maximum absolute atomic E-state index is 11.6. The van der Waals surface area contributed by atoms with E-state index in [0.717, 1.165) is 12.8 Å². The van der Waals surface area contributed by atoms with Gasteiger partial charge in [0.1, 0.15) is 5.25 Å². The summed E-state index contributed by atoms with van der Waals surface area (Å²) in [6.07, 6.45) is 2.28. The fraction of sp³-hybridized carbons (Fsp3) is 0.857. The molecule has 0 aromatic heterocycles. The third kappa shape index (κ3) is 2.89. The second-order valence-electron chi connectivity index (χ2n) is 3.24. The summed E-state index contributed by atoms with van der Waals surface area (Å²) in [5.74, 6) is 0. The van der Waals surface area contributed by atoms with Crippen molar-refractivity contribution in [3.05, 3.63) is 0 Å². The molecule has 0 aromatic rings. The summed E-state index contributed by atoms with van der Waals surface area (Å²) in [7, 11) is -3.32. The molecule has 0 radical (unpaired) electrons. The normalized spacial score (nSPS) is 19.8. The van der Waals surface area contributed by atoms with Gasteiger partial charge in [0, 0.05) is 6.04 Å². The van der Waals surface area contributed by atoms with Crippen LogP contribution in [0, 0.1) is 0 Å². The number of hydrogen-bond acceptors (Lipinski definition) is 3. The molecule has 6 heteroatoms. The summed E-state index contributed by atoms with van der Waals surface area (Å²) in [6.45, 7) is 1.76. The van der Waals surface area contributed by atoms with Gasteiger partial charge in [0.2, 0.25) is 10.0 Å². The number of sulfonamides is 1. The van der Waals surface area contributed by atoms with E-state index in [-0.39, 0.29) is 11.0 Å². The maximum Gasteiger partial charge on any atom is 0.221 e. The molecule has 0 spiro atoms. The molecule has 1 fully saturated rings. The van der Waals surface area contributed by atoms with Crippen molar-refractivity contribution in [2.24, 2.45) is 5.73 Å². The largest absolute Gasteiger partial charge is 0.392 e. The molecule has 1 aliphatic rings. The fourth-order valence-electron chi connectivity index (χ4n) is 1.09. The van der Waals surface area contributed by atoms with Gasteiger partial charge in [-0.05, 0) is 19.3 Å². The van der Waals surface area contributed by atoms with Gasteiger partial charge in [-0.1, -0.05) is 19.1 Å². The highest BCUT2D eigenvalue weighted by molar-refractivity contribution is 7.93. The second-order valence-corrected chi connectivity index (χ2v) is 5.60. The van der Waals surface area contributed by atoms with Crippen LogP contribution in [0.2, 0.25) is 0 Å². The third-order valence-corrected chi connectivity index (χ3v) is 4.40. The smallest absolute Gasteiger partial charge is 0.221 e. The first-order valence-electron chi connectivity index (χ1n) is 4.28. The van der Waals surface area contributed by atoms with Crippen LogP contribution in [0.25, 0.3) is 0 Å². The van der Waals surface area contributed by atoms with Gasteiger partial charge in [-0.3, -0.25) is 0 Å². The van der Waals surface area contributed by atoms with Crippen molar-refractivity contribution < 1.29 is 8.42 Å². The standard InChI is InChI=1S/C7H14N2O2S2/c1-2-6(7(8)12)13(10,11)9-5-3-4-5/h5-6,9H,2-4H2,1H3,(H2,8,12). The van der Waals surface area contributed by atoms with Crippen LogP contribution in [0.5, 0.6) is 0 Å². The molecule has 0 saturated heterocycles. The van der Waals surface area contributed by atoms with Crippen molar-refractivity contribution in [3.63, 3.8) is 0 Å². The lowest BCUT2D eigenvalue weighted by Gasteiger charge is -2.14. The first-order valence-corrected chi connectivity index (χ1v) is 6.23. The van der Waals surface area contributed by atoms with E-state index in [2.05, 4.69) is 4.72 Å². The average molecular weight is 222 g/mol. The molecular weight excluding hydrogens is 208 g/mol. The van der Waals surface area contributed by atoms with E-state index < -0.39 is 15.3 Å². The predicted octanol–water partition coefficient (Wildman–Crippen LogP) is 0.133. The maximum atomic E-state index is 11.6. The first-order chi connectivity index (χ1) is 5.97. The Morgan fingerprint density at radius 1 is 1.69 bits per heavy atom. The van der Waals surface area contributed by atoms with E-state index in [1.54, 1.807) is 6.92 Å². The monoisotopic (exact) mass is 222 g/mol. The van der Waals surface area contributed by atoms with Gasteiger partial charge >= 0.3 is 0 Å². The van der Waals surface area contributed by atoms with Gasteiger partial charge in [0.15, 0.2) is 0 Å². The highest BCUT2D eigenvalue weighted by Crippen LogP contribution is 2.21. The summed E-state index contributed by atoms with van der Waals surface area (Å²) in [5, 5.41) is -0.719. The quantitative estimate of drug-likeness (QED) is 0.649. The Hall–Kier alpha value is -0.200. The topological polar surface area (TPSA) is 72.2 Å². The molecule has 0 bridgehead atoms. The zero-order valence-electron chi connectivity index (χ0n) is 7.49. The van der Waals surface area contributed by atoms with Gasteiger partial charge in [0.05, 0.1) is 4.99 Å². The molecule has 1 aliphatic carbocycles. The van der Waals surface area contributed by atoms with Crippen molar-refractivity contribution >= 4 is 27.2 Å². The lowest BCUT2D eigenvalue weighted by molar-refractivity contribution is 0.574. The number of rotatable bonds is 5. The molecule has 0 heterocycles. The highest BCUT2D eigenvalue weighted by atomic mass is 32.2. The Morgan fingerprint density at radius 3 is 2.54 bits per heavy atom. The van der Waals surface area contributed by atoms with E-state index in [1.165, 1.54) is 0 Å². The molecule has 13 heavy (non-hydrogen) atoms. The zero-order chi connectivity index (χ0) is 10.1. The molecule has 1 atom stereocenters. The average Bonchev–Trinajstić information content (AvgIpc) is 2.69. The molecule has 0 aromatic carbocycles. The number of nitrogens with one attached hydrogen (secondary N) is 1. The Kier molecular flexibility index (Phi) is 3.26. The highest BCUT2D eigenvalue weighted by Gasteiger charge is 2.32. The number of nitrogens with two attached hydrogens (primary N) is 1. The van der Waals surface area contributed by atoms with E-state index in [4.69, 9.17) is 18.0 Å². The minimum Gasteiger partial charge on any atom is -0.392 e. The van der Waals surface area contributed by atoms with Crippen molar-refractivity contribution in [1.82, 2.24) is 4.72 Å². The second kappa shape index (κ2) is 3.89. The Labute approximate surface area is 83.9 Å². The molecule has 0 aliphatic heterocycles. The van der Waals surface area contributed by atoms with Crippen LogP contribution in [0.4, 0.5) is 0 Å². The minimum atomic E-state index is -3.32. The van der Waals surface area contributed by atoms with Crippen LogP contribution >= 0.6 is 12.2 Å². The summed E-state index contributed by atoms with van der Waals surface area (Å²) in [4.78, 5) is 0.0515. The van der Waals surface area contributed by atoms with Crippen molar-refractivity contribution in [3.8, 4) is 0 Å². The van der Waals surface area contributed by atoms with Crippen LogP contribution < -0.4 is 10.5 Å². The van der Waals surface area contributed by atoms with E-state index in [9.17, 15) is 8.42 Å². The predicted molar refractivity (Wildman–Crippen MR) is 55.9 cm³/mol. The Balaban J connectivity index is 2.69. The zero-order valence-corrected chi connectivity index (χ0v) is 9.12. The molecule has 0 amide bonds. The Morgan fingerprint density at radius 2 is 2.23 bits per heavy atom. The number of hydrogen-bond donors (Lipinski definition) is 2. The summed E-state index contributed by atoms with van der Waals surface area (Å²) < 4.78 is 25.7. The molecule has 1 saturated carbocycles. The third-order valence-electron chi connectivity index (χ3n) is 1.97. The van der Waals surface area contributed by atoms with Gasteiger partial charge in [-0.2, -0.15) is 0 Å². The molecule has 4 nitrogen and oxygen atoms in total. The van der Waals surface area contributed by atoms with Crippen molar-refractivity contribution in [2.45, 2.75) is 37.5 Å². The molecular formula is C7H14N2O2S2. The van der Waals surface area contributed by atoms with Crippen LogP contribution in [0.3, 0.4) is 0 Å². The first kappa shape index (κ1) is 10.9. The fourth-order valence-corrected chi connectivity index (χ4v) is 3.25. The molecule has 3 N–H and O–H groups in total. The lowest BCUT2D eigenvalue weighted by Crippen LogP contribution is -2.42. The molecule has 1 rings (SSSR count). The van der Waals surface area contributed by atoms with Crippen molar-refractivity contribution in [1.29, 1.82) is 0 Å². The van der Waals surface area contributed by atoms with Gasteiger partial charge in [-0.25, -0.2) is 13.1 Å². The molecule has 1 unspecified atom stereocenters. The van der Waals surface area contributed by atoms with E-state index >= 15 is 0 Å². The summed E-state index contributed by atoms with van der Waals surface area (Å²) >= 11 is 4.70. The van der Waals surface area contributed by atoms with Crippen LogP contribution in [-0.4, -0.2) is 24.7 Å². The van der Waals surface area contributed by atoms with Crippen LogP contribution in [-0.2, 0) is 10.0 Å². The van der Waals surface area contributed by atoms with Crippen molar-refractivity contribution in [2.75, 3.05) is 0 Å². The van der Waals surface area contributed by atoms with Crippen LogP contribution in [0.1, 0.15) is 26.2 Å². The minimum absolute atomic E-state index is 0.0515. The molecule has 76 valence electrons. The van der Waals surface area contributed by atoms with Gasteiger partial charge in [0.25, 0.3) is 0 Å². The summed E-state index contributed by atoms with van der Waals surface area (Å²) in [5.41, 5.74) is 5.34. The summed E-state index contributed by atoms with van der Waals surface area (Å²) in [6, 6.07) is 0.119. The van der Waals surface area contributed by atoms with Gasteiger partial charge in [-0.15, -0.1) is 0 Å². The Bertz CT molecular complexity index is 296.